The molecule has 2 amide bonds. The Balaban J connectivity index is 1.82. The molecule has 0 aliphatic carbocycles. The van der Waals surface area contributed by atoms with Gasteiger partial charge < -0.3 is 9.47 Å². The number of ether oxygens (including phenoxy) is 2. The molecule has 2 rings (SSSR count). The molecule has 0 radical (unpaired) electrons. The fourth-order valence-electron chi connectivity index (χ4n) is 3.06. The van der Waals surface area contributed by atoms with Crippen LogP contribution < -0.4 is 4.74 Å². The number of unbranched alkanes of at least 4 members (excludes halogenated alkanes) is 3. The summed E-state index contributed by atoms with van der Waals surface area (Å²) in [5, 5.41) is 0. The van der Waals surface area contributed by atoms with Crippen molar-refractivity contribution in [3.63, 3.8) is 0 Å². The molecular formula is C21H27NO5. The van der Waals surface area contributed by atoms with Crippen LogP contribution in [0.25, 0.3) is 6.08 Å². The van der Waals surface area contributed by atoms with Crippen LogP contribution in [0.1, 0.15) is 51.0 Å². The van der Waals surface area contributed by atoms with Gasteiger partial charge in [0.05, 0.1) is 20.1 Å². The molecule has 0 aromatic heterocycles. The van der Waals surface area contributed by atoms with Crippen LogP contribution in [0.15, 0.2) is 29.8 Å². The normalized spacial score (nSPS) is 15.5. The molecule has 146 valence electrons. The smallest absolute Gasteiger partial charge is 0.305 e. The van der Waals surface area contributed by atoms with Gasteiger partial charge in [0.1, 0.15) is 5.75 Å². The number of likely N-dealkylation sites (tertiary alicyclic amines) is 1. The maximum Gasteiger partial charge on any atom is 0.305 e. The van der Waals surface area contributed by atoms with E-state index in [1.807, 2.05) is 24.3 Å². The molecule has 1 aliphatic heterocycles. The van der Waals surface area contributed by atoms with Crippen molar-refractivity contribution in [2.45, 2.75) is 45.4 Å². The van der Waals surface area contributed by atoms with Gasteiger partial charge in [-0.15, -0.1) is 0 Å². The Hall–Kier alpha value is -2.63. The summed E-state index contributed by atoms with van der Waals surface area (Å²) in [4.78, 5) is 37.3. The van der Waals surface area contributed by atoms with Crippen molar-refractivity contribution in [1.82, 2.24) is 4.90 Å². The molecule has 1 heterocycles. The number of benzene rings is 1. The second kappa shape index (κ2) is 10.5. The van der Waals surface area contributed by atoms with Crippen molar-refractivity contribution >= 4 is 23.9 Å². The van der Waals surface area contributed by atoms with E-state index in [1.54, 1.807) is 20.1 Å². The third kappa shape index (κ3) is 5.94. The van der Waals surface area contributed by atoms with E-state index in [4.69, 9.17) is 9.47 Å². The van der Waals surface area contributed by atoms with E-state index in [0.29, 0.717) is 30.9 Å². The summed E-state index contributed by atoms with van der Waals surface area (Å²) in [5.74, 6) is 0.115. The molecule has 6 heteroatoms. The van der Waals surface area contributed by atoms with Gasteiger partial charge in [-0.3, -0.25) is 19.3 Å². The minimum atomic E-state index is -0.225. The molecule has 1 aliphatic rings. The van der Waals surface area contributed by atoms with Gasteiger partial charge in [0.2, 0.25) is 5.91 Å². The summed E-state index contributed by atoms with van der Waals surface area (Å²) in [6, 6.07) is 7.40. The lowest BCUT2D eigenvalue weighted by Gasteiger charge is -2.13. The summed E-state index contributed by atoms with van der Waals surface area (Å²) < 4.78 is 10.2. The molecule has 1 saturated heterocycles. The van der Waals surface area contributed by atoms with Gasteiger partial charge in [-0.2, -0.15) is 0 Å². The Morgan fingerprint density at radius 1 is 1.15 bits per heavy atom. The Labute approximate surface area is 160 Å². The highest BCUT2D eigenvalue weighted by Crippen LogP contribution is 2.26. The predicted molar refractivity (Wildman–Crippen MR) is 102 cm³/mol. The molecule has 27 heavy (non-hydrogen) atoms. The fraction of sp³-hybridized carbons (Fsp3) is 0.476. The highest BCUT2D eigenvalue weighted by molar-refractivity contribution is 6.15. The lowest BCUT2D eigenvalue weighted by atomic mass is 10.1. The van der Waals surface area contributed by atoms with Crippen molar-refractivity contribution in [2.75, 3.05) is 20.3 Å². The van der Waals surface area contributed by atoms with Crippen molar-refractivity contribution < 1.29 is 23.9 Å². The molecule has 1 fully saturated rings. The maximum absolute atomic E-state index is 12.5. The summed E-state index contributed by atoms with van der Waals surface area (Å²) in [5.41, 5.74) is 1.28. The van der Waals surface area contributed by atoms with Crippen molar-refractivity contribution in [1.29, 1.82) is 0 Å². The van der Waals surface area contributed by atoms with E-state index < -0.39 is 0 Å². The van der Waals surface area contributed by atoms with Crippen LogP contribution in [-0.4, -0.2) is 42.9 Å². The minimum absolute atomic E-state index is 0.125. The molecule has 0 unspecified atom stereocenters. The summed E-state index contributed by atoms with van der Waals surface area (Å²) in [7, 11) is 1.58. The van der Waals surface area contributed by atoms with E-state index in [2.05, 4.69) is 0 Å². The minimum Gasteiger partial charge on any atom is -0.496 e. The first-order valence-electron chi connectivity index (χ1n) is 9.40. The zero-order chi connectivity index (χ0) is 19.6. The van der Waals surface area contributed by atoms with E-state index in [9.17, 15) is 14.4 Å². The Morgan fingerprint density at radius 3 is 2.63 bits per heavy atom. The van der Waals surface area contributed by atoms with E-state index in [-0.39, 0.29) is 24.2 Å². The van der Waals surface area contributed by atoms with Gasteiger partial charge >= 0.3 is 5.97 Å². The largest absolute Gasteiger partial charge is 0.496 e. The van der Waals surface area contributed by atoms with Crippen molar-refractivity contribution in [2.24, 2.45) is 0 Å². The molecular weight excluding hydrogens is 346 g/mol. The first-order chi connectivity index (χ1) is 13.1. The standard InChI is InChI=1S/C21H27NO5/c1-3-27-20(24)12-6-4-5-9-13-22-19(23)15-17(21(22)25)14-16-10-7-8-11-18(16)26-2/h7-8,10-11,14H,3-6,9,12-13,15H2,1-2H3. The monoisotopic (exact) mass is 373 g/mol. The molecule has 0 saturated carbocycles. The number of esters is 1. The lowest BCUT2D eigenvalue weighted by molar-refractivity contribution is -0.143. The third-order valence-electron chi connectivity index (χ3n) is 4.45. The number of nitrogens with zero attached hydrogens (tertiary/aromatic N) is 1. The number of carbonyl (C=O) groups excluding carboxylic acids is 3. The second-order valence-corrected chi connectivity index (χ2v) is 6.41. The van der Waals surface area contributed by atoms with Crippen LogP contribution in [0.3, 0.4) is 0 Å². The molecule has 0 bridgehead atoms. The van der Waals surface area contributed by atoms with Gasteiger partial charge in [0.25, 0.3) is 5.91 Å². The van der Waals surface area contributed by atoms with Crippen LogP contribution in [0.2, 0.25) is 0 Å². The van der Waals surface area contributed by atoms with Crippen LogP contribution in [0.4, 0.5) is 0 Å². The average Bonchev–Trinajstić information content (AvgIpc) is 2.92. The van der Waals surface area contributed by atoms with E-state index in [1.165, 1.54) is 4.90 Å². The number of hydrogen-bond acceptors (Lipinski definition) is 5. The zero-order valence-electron chi connectivity index (χ0n) is 16.0. The Morgan fingerprint density at radius 2 is 1.89 bits per heavy atom. The van der Waals surface area contributed by atoms with Crippen LogP contribution >= 0.6 is 0 Å². The predicted octanol–water partition coefficient (Wildman–Crippen LogP) is 3.35. The number of amides is 2. The average molecular weight is 373 g/mol. The van der Waals surface area contributed by atoms with Crippen molar-refractivity contribution in [3.8, 4) is 5.75 Å². The number of hydrogen-bond donors (Lipinski definition) is 0. The number of rotatable bonds is 10. The first-order valence-corrected chi connectivity index (χ1v) is 9.40. The number of carbonyl (C=O) groups is 3. The van der Waals surface area contributed by atoms with Crippen LogP contribution in [0.5, 0.6) is 5.75 Å². The lowest BCUT2D eigenvalue weighted by Crippen LogP contribution is -2.30. The number of methoxy groups -OCH3 is 1. The van der Waals surface area contributed by atoms with E-state index >= 15 is 0 Å². The third-order valence-corrected chi connectivity index (χ3v) is 4.45. The maximum atomic E-state index is 12.5. The number of para-hydroxylation sites is 1. The molecule has 0 atom stereocenters. The summed E-state index contributed by atoms with van der Waals surface area (Å²) in [6.07, 6.45) is 5.52. The molecule has 1 aromatic carbocycles. The topological polar surface area (TPSA) is 72.9 Å². The summed E-state index contributed by atoms with van der Waals surface area (Å²) >= 11 is 0. The SMILES string of the molecule is CCOC(=O)CCCCCCN1C(=O)CC(=Cc2ccccc2OC)C1=O. The van der Waals surface area contributed by atoms with Crippen molar-refractivity contribution in [3.05, 3.63) is 35.4 Å². The molecule has 0 N–H and O–H groups in total. The fourth-order valence-corrected chi connectivity index (χ4v) is 3.06. The quantitative estimate of drug-likeness (QED) is 0.272. The highest BCUT2D eigenvalue weighted by Gasteiger charge is 2.33. The number of imide groups is 1. The first kappa shape index (κ1) is 20.7. The highest BCUT2D eigenvalue weighted by atomic mass is 16.5. The Bertz CT molecular complexity index is 710. The van der Waals surface area contributed by atoms with Gasteiger partial charge in [-0.1, -0.05) is 31.0 Å². The van der Waals surface area contributed by atoms with E-state index in [0.717, 1.165) is 31.2 Å². The van der Waals surface area contributed by atoms with Crippen LogP contribution in [0, 0.1) is 0 Å². The Kier molecular flexibility index (Phi) is 8.04. The second-order valence-electron chi connectivity index (χ2n) is 6.41. The van der Waals surface area contributed by atoms with Crippen LogP contribution in [-0.2, 0) is 19.1 Å². The molecule has 1 aromatic rings. The molecule has 0 spiro atoms. The van der Waals surface area contributed by atoms with Gasteiger partial charge in [-0.25, -0.2) is 0 Å². The molecule has 6 nitrogen and oxygen atoms in total. The zero-order valence-corrected chi connectivity index (χ0v) is 16.0. The van der Waals surface area contributed by atoms with Gasteiger partial charge in [0.15, 0.2) is 0 Å². The van der Waals surface area contributed by atoms with Gasteiger partial charge in [0, 0.05) is 24.1 Å². The summed E-state index contributed by atoms with van der Waals surface area (Å²) in [6.45, 7) is 2.61. The van der Waals surface area contributed by atoms with Gasteiger partial charge in [-0.05, 0) is 31.9 Å².